The van der Waals surface area contributed by atoms with E-state index in [4.69, 9.17) is 0 Å². The lowest BCUT2D eigenvalue weighted by Gasteiger charge is -2.28. The molecule has 1 saturated heterocycles. The van der Waals surface area contributed by atoms with Gasteiger partial charge in [0, 0.05) is 36.9 Å². The molecule has 6 heteroatoms. The normalized spacial score (nSPS) is 25.9. The fraction of sp³-hybridized carbons (Fsp3) is 0.350. The van der Waals surface area contributed by atoms with Crippen LogP contribution in [-0.4, -0.2) is 42.5 Å². The van der Waals surface area contributed by atoms with Gasteiger partial charge in [0.25, 0.3) is 5.91 Å². The van der Waals surface area contributed by atoms with E-state index in [0.29, 0.717) is 30.6 Å². The number of carbonyl (C=O) groups is 2. The fourth-order valence-corrected chi connectivity index (χ4v) is 4.37. The molecule has 5 rings (SSSR count). The molecule has 6 nitrogen and oxygen atoms in total. The maximum atomic E-state index is 12.7. The summed E-state index contributed by atoms with van der Waals surface area (Å²) in [6, 6.07) is 12.3. The van der Waals surface area contributed by atoms with Gasteiger partial charge < -0.3 is 15.5 Å². The second kappa shape index (κ2) is 5.83. The van der Waals surface area contributed by atoms with Crippen LogP contribution < -0.4 is 15.5 Å². The van der Waals surface area contributed by atoms with Crippen LogP contribution in [0.5, 0.6) is 0 Å². The highest BCUT2D eigenvalue weighted by Gasteiger charge is 2.56. The Balaban J connectivity index is 1.29. The molecule has 132 valence electrons. The van der Waals surface area contributed by atoms with Crippen LogP contribution >= 0.6 is 0 Å². The first-order valence-electron chi connectivity index (χ1n) is 9.07. The molecule has 0 unspecified atom stereocenters. The van der Waals surface area contributed by atoms with E-state index in [2.05, 4.69) is 39.9 Å². The molecule has 26 heavy (non-hydrogen) atoms. The van der Waals surface area contributed by atoms with Crippen LogP contribution in [0.2, 0.25) is 0 Å². The molecular formula is C20H20N4O2. The summed E-state index contributed by atoms with van der Waals surface area (Å²) in [5, 5.41) is 5.96. The Morgan fingerprint density at radius 2 is 2.15 bits per heavy atom. The van der Waals surface area contributed by atoms with Gasteiger partial charge in [-0.25, -0.2) is 0 Å². The zero-order chi connectivity index (χ0) is 17.7. The predicted octanol–water partition coefficient (Wildman–Crippen LogP) is 1.09. The molecule has 3 atom stereocenters. The third-order valence-corrected chi connectivity index (χ3v) is 5.72. The lowest BCUT2D eigenvalue weighted by Crippen LogP contribution is -2.47. The van der Waals surface area contributed by atoms with Gasteiger partial charge >= 0.3 is 0 Å². The number of piperazine rings is 1. The number of carbonyl (C=O) groups excluding carboxylic acids is 2. The standard InChI is InChI=1S/C20H20N4O2/c25-17-11-24(8-7-22-17)13-5-6-21-16(10-13)20(26)23-19-15-9-12-3-1-2-4-14(12)18(15)19/h1-6,10,15,18-19H,7-9,11H2,(H,22,25)(H,23,26)/t15-,18+,19-/m1/s1. The van der Waals surface area contributed by atoms with Gasteiger partial charge in [-0.15, -0.1) is 0 Å². The lowest BCUT2D eigenvalue weighted by molar-refractivity contribution is -0.120. The lowest BCUT2D eigenvalue weighted by atomic mass is 10.1. The molecule has 1 aliphatic heterocycles. The summed E-state index contributed by atoms with van der Waals surface area (Å²) in [5.74, 6) is 0.836. The summed E-state index contributed by atoms with van der Waals surface area (Å²) in [7, 11) is 0. The molecule has 0 spiro atoms. The number of hydrogen-bond donors (Lipinski definition) is 2. The van der Waals surface area contributed by atoms with Crippen LogP contribution in [0, 0.1) is 5.92 Å². The van der Waals surface area contributed by atoms with Crippen molar-refractivity contribution >= 4 is 17.5 Å². The Morgan fingerprint density at radius 1 is 1.27 bits per heavy atom. The number of nitrogens with one attached hydrogen (secondary N) is 2. The molecule has 2 fully saturated rings. The van der Waals surface area contributed by atoms with Crippen molar-refractivity contribution in [3.8, 4) is 0 Å². The van der Waals surface area contributed by atoms with E-state index in [1.807, 2.05) is 11.0 Å². The largest absolute Gasteiger partial charge is 0.360 e. The highest BCUT2D eigenvalue weighted by molar-refractivity contribution is 5.94. The van der Waals surface area contributed by atoms with Crippen molar-refractivity contribution in [3.63, 3.8) is 0 Å². The minimum absolute atomic E-state index is 0.00327. The number of pyridine rings is 1. The van der Waals surface area contributed by atoms with Crippen molar-refractivity contribution < 1.29 is 9.59 Å². The van der Waals surface area contributed by atoms with Crippen LogP contribution in [0.1, 0.15) is 27.5 Å². The van der Waals surface area contributed by atoms with Gasteiger partial charge in [0.15, 0.2) is 0 Å². The first-order valence-corrected chi connectivity index (χ1v) is 9.07. The Labute approximate surface area is 151 Å². The SMILES string of the molecule is O=C1CN(c2ccnc(C(=O)N[C@@H]3[C@@H]4Cc5ccccc5[C@@H]43)c2)CCN1. The summed E-state index contributed by atoms with van der Waals surface area (Å²) in [6.45, 7) is 1.67. The predicted molar refractivity (Wildman–Crippen MR) is 97.1 cm³/mol. The van der Waals surface area contributed by atoms with E-state index in [9.17, 15) is 9.59 Å². The monoisotopic (exact) mass is 348 g/mol. The number of nitrogens with zero attached hydrogens (tertiary/aromatic N) is 2. The smallest absolute Gasteiger partial charge is 0.270 e. The van der Waals surface area contributed by atoms with Crippen molar-refractivity contribution in [2.75, 3.05) is 24.5 Å². The third kappa shape index (κ3) is 2.53. The summed E-state index contributed by atoms with van der Waals surface area (Å²) < 4.78 is 0. The topological polar surface area (TPSA) is 74.3 Å². The molecule has 2 aliphatic carbocycles. The third-order valence-electron chi connectivity index (χ3n) is 5.72. The van der Waals surface area contributed by atoms with E-state index in [1.165, 1.54) is 11.1 Å². The van der Waals surface area contributed by atoms with E-state index in [1.54, 1.807) is 12.3 Å². The molecule has 1 aromatic heterocycles. The Kier molecular flexibility index (Phi) is 3.45. The van der Waals surface area contributed by atoms with Gasteiger partial charge in [-0.05, 0) is 35.6 Å². The summed E-state index contributed by atoms with van der Waals surface area (Å²) in [6.07, 6.45) is 2.68. The number of benzene rings is 1. The summed E-state index contributed by atoms with van der Waals surface area (Å²) >= 11 is 0. The zero-order valence-electron chi connectivity index (χ0n) is 14.3. The maximum Gasteiger partial charge on any atom is 0.270 e. The van der Waals surface area contributed by atoms with E-state index in [-0.39, 0.29) is 17.9 Å². The number of aromatic nitrogens is 1. The molecular weight excluding hydrogens is 328 g/mol. The van der Waals surface area contributed by atoms with Crippen molar-refractivity contribution in [1.29, 1.82) is 0 Å². The molecule has 2 N–H and O–H groups in total. The quantitative estimate of drug-likeness (QED) is 0.871. The van der Waals surface area contributed by atoms with E-state index in [0.717, 1.165) is 18.7 Å². The Hall–Kier alpha value is -2.89. The number of anilines is 1. The molecule has 2 amide bonds. The number of rotatable bonds is 3. The van der Waals surface area contributed by atoms with Crippen molar-refractivity contribution in [2.45, 2.75) is 18.4 Å². The van der Waals surface area contributed by atoms with E-state index < -0.39 is 0 Å². The first kappa shape index (κ1) is 15.4. The van der Waals surface area contributed by atoms with Crippen molar-refractivity contribution in [1.82, 2.24) is 15.6 Å². The van der Waals surface area contributed by atoms with Crippen LogP contribution in [0.3, 0.4) is 0 Å². The second-order valence-electron chi connectivity index (χ2n) is 7.26. The summed E-state index contributed by atoms with van der Waals surface area (Å²) in [4.78, 5) is 30.5. The Bertz CT molecular complexity index is 897. The molecule has 2 aromatic rings. The number of hydrogen-bond acceptors (Lipinski definition) is 4. The minimum Gasteiger partial charge on any atom is -0.360 e. The highest BCUT2D eigenvalue weighted by atomic mass is 16.2. The van der Waals surface area contributed by atoms with Crippen molar-refractivity contribution in [3.05, 3.63) is 59.4 Å². The van der Waals surface area contributed by atoms with Gasteiger partial charge in [-0.3, -0.25) is 14.6 Å². The molecule has 0 bridgehead atoms. The molecule has 1 aromatic carbocycles. The molecule has 3 aliphatic rings. The van der Waals surface area contributed by atoms with Crippen LogP contribution in [-0.2, 0) is 11.2 Å². The fourth-order valence-electron chi connectivity index (χ4n) is 4.37. The first-order chi connectivity index (χ1) is 12.7. The average Bonchev–Trinajstić information content (AvgIpc) is 3.18. The molecule has 0 radical (unpaired) electrons. The highest BCUT2D eigenvalue weighted by Crippen LogP contribution is 2.56. The van der Waals surface area contributed by atoms with Crippen LogP contribution in [0.25, 0.3) is 0 Å². The van der Waals surface area contributed by atoms with Crippen LogP contribution in [0.4, 0.5) is 5.69 Å². The minimum atomic E-state index is -0.134. The van der Waals surface area contributed by atoms with Crippen LogP contribution in [0.15, 0.2) is 42.6 Å². The van der Waals surface area contributed by atoms with Gasteiger partial charge in [-0.2, -0.15) is 0 Å². The van der Waals surface area contributed by atoms with E-state index >= 15 is 0 Å². The van der Waals surface area contributed by atoms with Crippen molar-refractivity contribution in [2.24, 2.45) is 5.92 Å². The second-order valence-corrected chi connectivity index (χ2v) is 7.26. The average molecular weight is 348 g/mol. The zero-order valence-corrected chi connectivity index (χ0v) is 14.3. The molecule has 2 heterocycles. The van der Waals surface area contributed by atoms with Gasteiger partial charge in [-0.1, -0.05) is 24.3 Å². The maximum absolute atomic E-state index is 12.7. The van der Waals surface area contributed by atoms with Gasteiger partial charge in [0.1, 0.15) is 5.69 Å². The molecule has 1 saturated carbocycles. The van der Waals surface area contributed by atoms with Gasteiger partial charge in [0.05, 0.1) is 6.54 Å². The summed E-state index contributed by atoms with van der Waals surface area (Å²) in [5.41, 5.74) is 4.06. The Morgan fingerprint density at radius 3 is 3.04 bits per heavy atom. The number of amides is 2. The number of fused-ring (bicyclic) bond motifs is 3. The van der Waals surface area contributed by atoms with Gasteiger partial charge in [0.2, 0.25) is 5.91 Å².